The van der Waals surface area contributed by atoms with Gasteiger partial charge in [-0.3, -0.25) is 4.79 Å². The van der Waals surface area contributed by atoms with E-state index in [0.717, 1.165) is 10.0 Å². The molecule has 1 aromatic carbocycles. The van der Waals surface area contributed by atoms with Crippen molar-refractivity contribution in [2.24, 2.45) is 0 Å². The van der Waals surface area contributed by atoms with E-state index in [-0.39, 0.29) is 12.4 Å². The van der Waals surface area contributed by atoms with Gasteiger partial charge in [-0.1, -0.05) is 39.1 Å². The average molecular weight is 312 g/mol. The van der Waals surface area contributed by atoms with Crippen molar-refractivity contribution in [2.75, 3.05) is 6.61 Å². The minimum Gasteiger partial charge on any atom is -0.466 e. The van der Waals surface area contributed by atoms with Crippen molar-refractivity contribution in [1.29, 1.82) is 0 Å². The predicted octanol–water partition coefficient (Wildman–Crippen LogP) is 3.86. The van der Waals surface area contributed by atoms with Gasteiger partial charge in [0.2, 0.25) is 0 Å². The van der Waals surface area contributed by atoms with Crippen molar-refractivity contribution in [1.82, 2.24) is 0 Å². The van der Waals surface area contributed by atoms with Crippen LogP contribution < -0.4 is 0 Å². The first-order valence-electron chi connectivity index (χ1n) is 4.33. The molecule has 0 spiro atoms. The monoisotopic (exact) mass is 310 g/mol. The molecule has 0 heterocycles. The van der Waals surface area contributed by atoms with E-state index < -0.39 is 0 Å². The van der Waals surface area contributed by atoms with Crippen molar-refractivity contribution in [2.45, 2.75) is 13.3 Å². The Hall–Kier alpha value is -0.250. The SMILES string of the molecule is CCOC(=O)Cc1cc(Cl)c(Cl)cc1Br. The average Bonchev–Trinajstić information content (AvgIpc) is 2.14. The van der Waals surface area contributed by atoms with Crippen LogP contribution in [0.5, 0.6) is 0 Å². The van der Waals surface area contributed by atoms with Crippen molar-refractivity contribution in [3.63, 3.8) is 0 Å². The number of carbonyl (C=O) groups excluding carboxylic acids is 1. The number of carbonyl (C=O) groups is 1. The zero-order valence-electron chi connectivity index (χ0n) is 8.02. The van der Waals surface area contributed by atoms with Gasteiger partial charge in [0.1, 0.15) is 0 Å². The quantitative estimate of drug-likeness (QED) is 0.626. The molecule has 0 aromatic heterocycles. The number of esters is 1. The first-order chi connectivity index (χ1) is 7.04. The van der Waals surface area contributed by atoms with Gasteiger partial charge in [-0.2, -0.15) is 0 Å². The highest BCUT2D eigenvalue weighted by Gasteiger charge is 2.10. The molecule has 0 fully saturated rings. The molecule has 0 aliphatic carbocycles. The summed E-state index contributed by atoms with van der Waals surface area (Å²) in [5, 5.41) is 0.885. The molecule has 5 heteroatoms. The minimum absolute atomic E-state index is 0.186. The van der Waals surface area contributed by atoms with Crippen LogP contribution in [0.15, 0.2) is 16.6 Å². The van der Waals surface area contributed by atoms with Gasteiger partial charge in [-0.15, -0.1) is 0 Å². The lowest BCUT2D eigenvalue weighted by Crippen LogP contribution is -2.07. The highest BCUT2D eigenvalue weighted by Crippen LogP contribution is 2.29. The molecular formula is C10H9BrCl2O2. The van der Waals surface area contributed by atoms with Gasteiger partial charge in [-0.05, 0) is 24.6 Å². The Morgan fingerprint density at radius 3 is 2.60 bits per heavy atom. The van der Waals surface area contributed by atoms with Crippen molar-refractivity contribution in [3.05, 3.63) is 32.2 Å². The van der Waals surface area contributed by atoms with E-state index >= 15 is 0 Å². The van der Waals surface area contributed by atoms with Crippen LogP contribution in [0.25, 0.3) is 0 Å². The standard InChI is InChI=1S/C10H9BrCl2O2/c1-2-15-10(14)4-6-3-8(12)9(13)5-7(6)11/h3,5H,2,4H2,1H3. The maximum absolute atomic E-state index is 11.2. The van der Waals surface area contributed by atoms with Crippen molar-refractivity contribution >= 4 is 45.1 Å². The smallest absolute Gasteiger partial charge is 0.310 e. The summed E-state index contributed by atoms with van der Waals surface area (Å²) >= 11 is 15.0. The Kier molecular flexibility index (Phi) is 4.90. The van der Waals surface area contributed by atoms with Crippen LogP contribution in [0.1, 0.15) is 12.5 Å². The summed E-state index contributed by atoms with van der Waals surface area (Å²) < 4.78 is 5.59. The lowest BCUT2D eigenvalue weighted by atomic mass is 10.1. The zero-order valence-corrected chi connectivity index (χ0v) is 11.1. The molecule has 0 N–H and O–H groups in total. The molecule has 0 amide bonds. The second kappa shape index (κ2) is 5.73. The molecule has 0 aliphatic rings. The fraction of sp³-hybridized carbons (Fsp3) is 0.300. The summed E-state index contributed by atoms with van der Waals surface area (Å²) in [6.45, 7) is 2.14. The Morgan fingerprint density at radius 2 is 2.00 bits per heavy atom. The fourth-order valence-electron chi connectivity index (χ4n) is 1.07. The van der Waals surface area contributed by atoms with E-state index in [4.69, 9.17) is 27.9 Å². The van der Waals surface area contributed by atoms with Gasteiger partial charge >= 0.3 is 5.97 Å². The summed E-state index contributed by atoms with van der Waals surface area (Å²) in [5.41, 5.74) is 0.767. The van der Waals surface area contributed by atoms with Crippen LogP contribution in [-0.4, -0.2) is 12.6 Å². The van der Waals surface area contributed by atoms with Crippen LogP contribution in [0, 0.1) is 0 Å². The zero-order chi connectivity index (χ0) is 11.4. The Morgan fingerprint density at radius 1 is 1.40 bits per heavy atom. The molecule has 0 radical (unpaired) electrons. The molecule has 82 valence electrons. The fourth-order valence-corrected chi connectivity index (χ4v) is 2.03. The van der Waals surface area contributed by atoms with Crippen molar-refractivity contribution in [3.8, 4) is 0 Å². The van der Waals surface area contributed by atoms with E-state index in [0.29, 0.717) is 16.7 Å². The van der Waals surface area contributed by atoms with E-state index in [2.05, 4.69) is 15.9 Å². The Balaban J connectivity index is 2.86. The summed E-state index contributed by atoms with van der Waals surface area (Å²) in [7, 11) is 0. The third kappa shape index (κ3) is 3.67. The molecular weight excluding hydrogens is 303 g/mol. The Bertz CT molecular complexity index is 380. The van der Waals surface area contributed by atoms with Crippen LogP contribution in [-0.2, 0) is 16.0 Å². The van der Waals surface area contributed by atoms with Crippen LogP contribution in [0.2, 0.25) is 10.0 Å². The number of rotatable bonds is 3. The molecule has 0 saturated carbocycles. The molecule has 0 saturated heterocycles. The van der Waals surface area contributed by atoms with Gasteiger partial charge in [0.25, 0.3) is 0 Å². The molecule has 0 aliphatic heterocycles. The van der Waals surface area contributed by atoms with Gasteiger partial charge < -0.3 is 4.74 Å². The van der Waals surface area contributed by atoms with Gasteiger partial charge in [0.05, 0.1) is 23.1 Å². The molecule has 1 rings (SSSR count). The molecule has 0 unspecified atom stereocenters. The molecule has 1 aromatic rings. The highest BCUT2D eigenvalue weighted by atomic mass is 79.9. The largest absolute Gasteiger partial charge is 0.466 e. The third-order valence-electron chi connectivity index (χ3n) is 1.73. The lowest BCUT2D eigenvalue weighted by molar-refractivity contribution is -0.142. The minimum atomic E-state index is -0.281. The Labute approximate surface area is 107 Å². The van der Waals surface area contributed by atoms with E-state index in [1.807, 2.05) is 0 Å². The maximum atomic E-state index is 11.2. The second-order valence-corrected chi connectivity index (χ2v) is 4.51. The summed E-state index contributed by atoms with van der Waals surface area (Å²) in [5.74, 6) is -0.281. The summed E-state index contributed by atoms with van der Waals surface area (Å²) in [6.07, 6.45) is 0.186. The maximum Gasteiger partial charge on any atom is 0.310 e. The van der Waals surface area contributed by atoms with E-state index in [9.17, 15) is 4.79 Å². The van der Waals surface area contributed by atoms with Gasteiger partial charge in [-0.25, -0.2) is 0 Å². The summed E-state index contributed by atoms with van der Waals surface area (Å²) in [4.78, 5) is 11.2. The van der Waals surface area contributed by atoms with Gasteiger partial charge in [0.15, 0.2) is 0 Å². The van der Waals surface area contributed by atoms with Crippen LogP contribution >= 0.6 is 39.1 Å². The predicted molar refractivity (Wildman–Crippen MR) is 64.5 cm³/mol. The number of benzene rings is 1. The lowest BCUT2D eigenvalue weighted by Gasteiger charge is -2.06. The van der Waals surface area contributed by atoms with Crippen LogP contribution in [0.4, 0.5) is 0 Å². The number of ether oxygens (including phenoxy) is 1. The number of hydrogen-bond donors (Lipinski definition) is 0. The van der Waals surface area contributed by atoms with Crippen molar-refractivity contribution < 1.29 is 9.53 Å². The summed E-state index contributed by atoms with van der Waals surface area (Å²) in [6, 6.07) is 3.32. The van der Waals surface area contributed by atoms with E-state index in [1.165, 1.54) is 0 Å². The van der Waals surface area contributed by atoms with Crippen LogP contribution in [0.3, 0.4) is 0 Å². The first-order valence-corrected chi connectivity index (χ1v) is 5.88. The highest BCUT2D eigenvalue weighted by molar-refractivity contribution is 9.10. The third-order valence-corrected chi connectivity index (χ3v) is 3.19. The normalized spacial score (nSPS) is 10.1. The molecule has 0 atom stereocenters. The van der Waals surface area contributed by atoms with Gasteiger partial charge in [0, 0.05) is 4.47 Å². The molecule has 2 nitrogen and oxygen atoms in total. The second-order valence-electron chi connectivity index (χ2n) is 2.84. The first kappa shape index (κ1) is 12.8. The topological polar surface area (TPSA) is 26.3 Å². The van der Waals surface area contributed by atoms with E-state index in [1.54, 1.807) is 19.1 Å². The number of hydrogen-bond acceptors (Lipinski definition) is 2. The molecule has 15 heavy (non-hydrogen) atoms. The molecule has 0 bridgehead atoms. The number of halogens is 3.